The molecule has 0 spiro atoms. The van der Waals surface area contributed by atoms with Crippen molar-refractivity contribution < 1.29 is 4.79 Å². The number of fused-ring (bicyclic) bond motifs is 1. The zero-order chi connectivity index (χ0) is 16.6. The van der Waals surface area contributed by atoms with Gasteiger partial charge in [0, 0.05) is 18.8 Å². The number of anilines is 1. The third-order valence-corrected chi connectivity index (χ3v) is 4.55. The van der Waals surface area contributed by atoms with E-state index >= 15 is 0 Å². The number of benzene rings is 1. The monoisotopic (exact) mass is 311 g/mol. The summed E-state index contributed by atoms with van der Waals surface area (Å²) < 4.78 is 1.80. The predicted molar refractivity (Wildman–Crippen MR) is 93.2 cm³/mol. The first-order valence-electron chi connectivity index (χ1n) is 8.50. The number of hydrogen-bond donors (Lipinski definition) is 0. The van der Waals surface area contributed by atoms with E-state index < -0.39 is 0 Å². The van der Waals surface area contributed by atoms with Crippen molar-refractivity contribution in [3.8, 4) is 0 Å². The molecular formula is C19H25N3O. The molecule has 3 rings (SSSR count). The molecule has 0 fully saturated rings. The summed E-state index contributed by atoms with van der Waals surface area (Å²) >= 11 is 0. The molecule has 0 bridgehead atoms. The Kier molecular flexibility index (Phi) is 4.24. The topological polar surface area (TPSA) is 38.1 Å². The predicted octanol–water partition coefficient (Wildman–Crippen LogP) is 3.93. The number of nitrogens with zero attached hydrogens (tertiary/aromatic N) is 3. The molecule has 0 atom stereocenters. The lowest BCUT2D eigenvalue weighted by Gasteiger charge is -2.30. The minimum atomic E-state index is 0.0608. The molecule has 1 aromatic carbocycles. The van der Waals surface area contributed by atoms with Crippen LogP contribution < -0.4 is 4.90 Å². The molecule has 2 aromatic rings. The standard InChI is InChI=1S/C19H25N3O/c1-5-22-18(11-14(4)20-22)19(23)21-10-6-7-16-12-15(13(2)3)8-9-17(16)21/h8-9,11-13H,5-7,10H2,1-4H3. The maximum absolute atomic E-state index is 13.0. The van der Waals surface area contributed by atoms with Gasteiger partial charge in [0.05, 0.1) is 5.69 Å². The van der Waals surface area contributed by atoms with Crippen LogP contribution in [-0.4, -0.2) is 22.2 Å². The van der Waals surface area contributed by atoms with Gasteiger partial charge in [-0.05, 0) is 55.9 Å². The van der Waals surface area contributed by atoms with Gasteiger partial charge in [-0.25, -0.2) is 0 Å². The quantitative estimate of drug-likeness (QED) is 0.861. The molecule has 0 saturated carbocycles. The van der Waals surface area contributed by atoms with Crippen molar-refractivity contribution in [2.45, 2.75) is 53.0 Å². The Bertz CT molecular complexity index is 730. The Labute approximate surface area is 138 Å². The van der Waals surface area contributed by atoms with Crippen LogP contribution in [0.15, 0.2) is 24.3 Å². The van der Waals surface area contributed by atoms with Gasteiger partial charge < -0.3 is 4.90 Å². The van der Waals surface area contributed by atoms with Gasteiger partial charge in [0.25, 0.3) is 5.91 Å². The number of carbonyl (C=O) groups excluding carboxylic acids is 1. The lowest BCUT2D eigenvalue weighted by atomic mass is 9.94. The van der Waals surface area contributed by atoms with Crippen LogP contribution in [0.5, 0.6) is 0 Å². The summed E-state index contributed by atoms with van der Waals surface area (Å²) in [5.74, 6) is 0.571. The lowest BCUT2D eigenvalue weighted by molar-refractivity contribution is 0.0975. The van der Waals surface area contributed by atoms with Gasteiger partial charge in [-0.3, -0.25) is 9.48 Å². The fourth-order valence-corrected chi connectivity index (χ4v) is 3.28. The highest BCUT2D eigenvalue weighted by Gasteiger charge is 2.26. The summed E-state index contributed by atoms with van der Waals surface area (Å²) in [6, 6.07) is 8.42. The Morgan fingerprint density at radius 1 is 1.30 bits per heavy atom. The first kappa shape index (κ1) is 15.8. The number of aryl methyl sites for hydroxylation is 3. The number of carbonyl (C=O) groups is 1. The Morgan fingerprint density at radius 3 is 2.78 bits per heavy atom. The Hall–Kier alpha value is -2.10. The van der Waals surface area contributed by atoms with Crippen molar-refractivity contribution in [3.63, 3.8) is 0 Å². The highest BCUT2D eigenvalue weighted by atomic mass is 16.2. The Morgan fingerprint density at radius 2 is 2.09 bits per heavy atom. The molecular weight excluding hydrogens is 286 g/mol. The van der Waals surface area contributed by atoms with Gasteiger partial charge in [-0.1, -0.05) is 26.0 Å². The first-order chi connectivity index (χ1) is 11.0. The van der Waals surface area contributed by atoms with Crippen molar-refractivity contribution >= 4 is 11.6 Å². The van der Waals surface area contributed by atoms with E-state index in [9.17, 15) is 4.79 Å². The van der Waals surface area contributed by atoms with Gasteiger partial charge >= 0.3 is 0 Å². The largest absolute Gasteiger partial charge is 0.307 e. The number of hydrogen-bond acceptors (Lipinski definition) is 2. The highest BCUT2D eigenvalue weighted by molar-refractivity contribution is 6.05. The van der Waals surface area contributed by atoms with Crippen molar-refractivity contribution in [2.75, 3.05) is 11.4 Å². The maximum atomic E-state index is 13.0. The van der Waals surface area contributed by atoms with Crippen LogP contribution >= 0.6 is 0 Å². The van der Waals surface area contributed by atoms with Crippen LogP contribution in [0.25, 0.3) is 0 Å². The summed E-state index contributed by atoms with van der Waals surface area (Å²) in [6.45, 7) is 9.85. The van der Waals surface area contributed by atoms with Crippen LogP contribution in [0.4, 0.5) is 5.69 Å². The van der Waals surface area contributed by atoms with Gasteiger partial charge in [-0.2, -0.15) is 5.10 Å². The average Bonchev–Trinajstić information content (AvgIpc) is 2.94. The molecule has 1 amide bonds. The molecule has 122 valence electrons. The van der Waals surface area contributed by atoms with Crippen molar-refractivity contribution in [1.29, 1.82) is 0 Å². The molecule has 1 aliphatic heterocycles. The van der Waals surface area contributed by atoms with Crippen LogP contribution in [0.2, 0.25) is 0 Å². The molecule has 1 aromatic heterocycles. The summed E-state index contributed by atoms with van der Waals surface area (Å²) in [7, 11) is 0. The van der Waals surface area contributed by atoms with E-state index in [0.29, 0.717) is 18.2 Å². The zero-order valence-corrected chi connectivity index (χ0v) is 14.5. The number of aromatic nitrogens is 2. The summed E-state index contributed by atoms with van der Waals surface area (Å²) in [5.41, 5.74) is 5.27. The van der Waals surface area contributed by atoms with E-state index in [2.05, 4.69) is 37.1 Å². The zero-order valence-electron chi connectivity index (χ0n) is 14.5. The summed E-state index contributed by atoms with van der Waals surface area (Å²) in [6.07, 6.45) is 2.06. The smallest absolute Gasteiger partial charge is 0.276 e. The summed E-state index contributed by atoms with van der Waals surface area (Å²) in [5, 5.41) is 4.41. The van der Waals surface area contributed by atoms with Crippen LogP contribution in [0.3, 0.4) is 0 Å². The number of amides is 1. The second kappa shape index (κ2) is 6.19. The van der Waals surface area contributed by atoms with E-state index in [1.165, 1.54) is 11.1 Å². The van der Waals surface area contributed by atoms with E-state index in [4.69, 9.17) is 0 Å². The second-order valence-electron chi connectivity index (χ2n) is 6.59. The normalized spacial score (nSPS) is 14.2. The SMILES string of the molecule is CCn1nc(C)cc1C(=O)N1CCCc2cc(C(C)C)ccc21. The van der Waals surface area contributed by atoms with Gasteiger partial charge in [0.2, 0.25) is 0 Å². The maximum Gasteiger partial charge on any atom is 0.276 e. The average molecular weight is 311 g/mol. The van der Waals surface area contributed by atoms with E-state index in [1.807, 2.05) is 24.8 Å². The van der Waals surface area contributed by atoms with E-state index in [1.54, 1.807) is 4.68 Å². The molecule has 2 heterocycles. The molecule has 4 nitrogen and oxygen atoms in total. The molecule has 0 N–H and O–H groups in total. The lowest BCUT2D eigenvalue weighted by Crippen LogP contribution is -2.36. The van der Waals surface area contributed by atoms with Crippen LogP contribution in [0, 0.1) is 6.92 Å². The third-order valence-electron chi connectivity index (χ3n) is 4.55. The molecule has 4 heteroatoms. The first-order valence-corrected chi connectivity index (χ1v) is 8.50. The molecule has 1 aliphatic rings. The molecule has 0 saturated heterocycles. The van der Waals surface area contributed by atoms with Crippen molar-refractivity contribution in [3.05, 3.63) is 46.8 Å². The summed E-state index contributed by atoms with van der Waals surface area (Å²) in [4.78, 5) is 15.0. The van der Waals surface area contributed by atoms with E-state index in [-0.39, 0.29) is 5.91 Å². The minimum Gasteiger partial charge on any atom is -0.307 e. The molecule has 23 heavy (non-hydrogen) atoms. The molecule has 0 unspecified atom stereocenters. The van der Waals surface area contributed by atoms with Crippen LogP contribution in [-0.2, 0) is 13.0 Å². The van der Waals surface area contributed by atoms with Crippen molar-refractivity contribution in [1.82, 2.24) is 9.78 Å². The van der Waals surface area contributed by atoms with Gasteiger partial charge in [-0.15, -0.1) is 0 Å². The van der Waals surface area contributed by atoms with Crippen molar-refractivity contribution in [2.24, 2.45) is 0 Å². The fourth-order valence-electron chi connectivity index (χ4n) is 3.28. The second-order valence-corrected chi connectivity index (χ2v) is 6.59. The highest BCUT2D eigenvalue weighted by Crippen LogP contribution is 2.31. The van der Waals surface area contributed by atoms with Gasteiger partial charge in [0.1, 0.15) is 5.69 Å². The molecule has 0 aliphatic carbocycles. The van der Waals surface area contributed by atoms with Gasteiger partial charge in [0.15, 0.2) is 0 Å². The van der Waals surface area contributed by atoms with E-state index in [0.717, 1.165) is 30.8 Å². The third kappa shape index (κ3) is 2.90. The number of rotatable bonds is 3. The molecule has 0 radical (unpaired) electrons. The minimum absolute atomic E-state index is 0.0608. The van der Waals surface area contributed by atoms with Crippen LogP contribution in [0.1, 0.15) is 60.4 Å². The Balaban J connectivity index is 1.98. The fraction of sp³-hybridized carbons (Fsp3) is 0.474.